The predicted octanol–water partition coefficient (Wildman–Crippen LogP) is 3.01. The van der Waals surface area contributed by atoms with Crippen LogP contribution < -0.4 is 5.32 Å². The summed E-state index contributed by atoms with van der Waals surface area (Å²) in [6, 6.07) is 6.32. The minimum atomic E-state index is 0.259. The van der Waals surface area contributed by atoms with Gasteiger partial charge in [0.05, 0.1) is 0 Å². The summed E-state index contributed by atoms with van der Waals surface area (Å²) in [5, 5.41) is 3.49. The molecule has 0 radical (unpaired) electrons. The second-order valence-corrected chi connectivity index (χ2v) is 6.43. The van der Waals surface area contributed by atoms with E-state index in [2.05, 4.69) is 17.4 Å². The van der Waals surface area contributed by atoms with E-state index in [9.17, 15) is 4.79 Å². The van der Waals surface area contributed by atoms with Crippen LogP contribution in [0, 0.1) is 0 Å². The minimum Gasteiger partial charge on any atom is -0.316 e. The van der Waals surface area contributed by atoms with Gasteiger partial charge in [0.2, 0.25) is 0 Å². The van der Waals surface area contributed by atoms with Crippen molar-refractivity contribution in [3.05, 3.63) is 29.3 Å². The number of carbonyl (C=O) groups is 1. The van der Waals surface area contributed by atoms with E-state index in [1.165, 1.54) is 29.1 Å². The van der Waals surface area contributed by atoms with Crippen molar-refractivity contribution in [1.29, 1.82) is 0 Å². The third kappa shape index (κ3) is 1.90. The van der Waals surface area contributed by atoms with Gasteiger partial charge in [-0.3, -0.25) is 4.79 Å². The van der Waals surface area contributed by atoms with E-state index in [-0.39, 0.29) is 5.78 Å². The van der Waals surface area contributed by atoms with Crippen LogP contribution in [0.15, 0.2) is 23.1 Å². The van der Waals surface area contributed by atoms with Crippen molar-refractivity contribution in [3.8, 4) is 0 Å². The summed E-state index contributed by atoms with van der Waals surface area (Å²) < 4.78 is 0. The summed E-state index contributed by atoms with van der Waals surface area (Å²) in [5.41, 5.74) is 2.61. The van der Waals surface area contributed by atoms with Gasteiger partial charge in [-0.25, -0.2) is 0 Å². The number of thioether (sulfide) groups is 1. The lowest BCUT2D eigenvalue weighted by molar-refractivity contribution is 0.0988. The Hall–Kier alpha value is -0.800. The third-order valence-electron chi connectivity index (χ3n) is 4.28. The van der Waals surface area contributed by atoms with Crippen molar-refractivity contribution in [3.63, 3.8) is 0 Å². The van der Waals surface area contributed by atoms with Crippen molar-refractivity contribution in [2.45, 2.75) is 36.5 Å². The molecule has 1 spiro atoms. The molecular formula is C15H19NOS. The predicted molar refractivity (Wildman–Crippen MR) is 75.6 cm³/mol. The molecule has 1 saturated heterocycles. The first-order chi connectivity index (χ1) is 8.75. The second-order valence-electron chi connectivity index (χ2n) is 5.29. The number of nitrogens with one attached hydrogen (secondary N) is 1. The Morgan fingerprint density at radius 3 is 3.06 bits per heavy atom. The molecule has 0 aliphatic carbocycles. The zero-order chi connectivity index (χ0) is 12.6. The van der Waals surface area contributed by atoms with Crippen LogP contribution >= 0.6 is 11.8 Å². The molecule has 3 rings (SSSR count). The molecule has 0 bridgehead atoms. The maximum Gasteiger partial charge on any atom is 0.162 e. The standard InChI is InChI=1S/C15H19NOS/c1-2-13(17)11-3-4-14-12(9-11)15(6-8-18-14)5-7-16-10-15/h3-4,9,16H,2,5-8,10H2,1H3. The summed E-state index contributed by atoms with van der Waals surface area (Å²) >= 11 is 1.94. The number of benzene rings is 1. The first kappa shape index (κ1) is 12.2. The maximum atomic E-state index is 11.9. The molecule has 96 valence electrons. The van der Waals surface area contributed by atoms with Gasteiger partial charge in [-0.15, -0.1) is 11.8 Å². The fraction of sp³-hybridized carbons (Fsp3) is 0.533. The molecule has 0 aromatic heterocycles. The van der Waals surface area contributed by atoms with Crippen molar-refractivity contribution in [1.82, 2.24) is 5.32 Å². The second kappa shape index (κ2) is 4.71. The smallest absolute Gasteiger partial charge is 0.162 e. The van der Waals surface area contributed by atoms with Crippen molar-refractivity contribution >= 4 is 17.5 Å². The Morgan fingerprint density at radius 2 is 2.33 bits per heavy atom. The van der Waals surface area contributed by atoms with Crippen LogP contribution in [0.4, 0.5) is 0 Å². The average molecular weight is 261 g/mol. The zero-order valence-electron chi connectivity index (χ0n) is 10.8. The van der Waals surface area contributed by atoms with E-state index in [0.717, 1.165) is 18.7 Å². The SMILES string of the molecule is CCC(=O)c1ccc2c(c1)C1(CCNC1)CCS2. The number of Topliss-reactive ketones (excluding diaryl/α,β-unsaturated/α-hetero) is 1. The Kier molecular flexibility index (Phi) is 3.20. The molecule has 1 unspecified atom stereocenters. The molecule has 1 aromatic carbocycles. The van der Waals surface area contributed by atoms with E-state index in [0.29, 0.717) is 11.8 Å². The number of rotatable bonds is 2. The minimum absolute atomic E-state index is 0.259. The fourth-order valence-electron chi connectivity index (χ4n) is 3.13. The van der Waals surface area contributed by atoms with Gasteiger partial charge in [-0.05, 0) is 42.8 Å². The van der Waals surface area contributed by atoms with E-state index in [4.69, 9.17) is 0 Å². The number of carbonyl (C=O) groups excluding carboxylic acids is 1. The van der Waals surface area contributed by atoms with Gasteiger partial charge in [0.25, 0.3) is 0 Å². The third-order valence-corrected chi connectivity index (χ3v) is 5.35. The monoisotopic (exact) mass is 261 g/mol. The Bertz CT molecular complexity index is 477. The number of hydrogen-bond donors (Lipinski definition) is 1. The lowest BCUT2D eigenvalue weighted by atomic mass is 9.76. The van der Waals surface area contributed by atoms with Crippen LogP contribution in [0.2, 0.25) is 0 Å². The van der Waals surface area contributed by atoms with Gasteiger partial charge in [-0.2, -0.15) is 0 Å². The highest BCUT2D eigenvalue weighted by Crippen LogP contribution is 2.45. The van der Waals surface area contributed by atoms with Crippen molar-refractivity contribution in [2.24, 2.45) is 0 Å². The highest BCUT2D eigenvalue weighted by atomic mass is 32.2. The van der Waals surface area contributed by atoms with Crippen LogP contribution in [-0.4, -0.2) is 24.6 Å². The average Bonchev–Trinajstić information content (AvgIpc) is 2.87. The van der Waals surface area contributed by atoms with Crippen molar-refractivity contribution < 1.29 is 4.79 Å². The first-order valence-electron chi connectivity index (χ1n) is 6.76. The summed E-state index contributed by atoms with van der Waals surface area (Å²) in [5.74, 6) is 1.46. The number of ketones is 1. The molecule has 1 fully saturated rings. The normalized spacial score (nSPS) is 26.3. The molecule has 1 aromatic rings. The van der Waals surface area contributed by atoms with Gasteiger partial charge in [0.15, 0.2) is 5.78 Å². The van der Waals surface area contributed by atoms with Gasteiger partial charge in [-0.1, -0.05) is 13.0 Å². The molecule has 1 atom stereocenters. The summed E-state index contributed by atoms with van der Waals surface area (Å²) in [4.78, 5) is 13.3. The number of fused-ring (bicyclic) bond motifs is 2. The highest BCUT2D eigenvalue weighted by Gasteiger charge is 2.39. The molecule has 2 aliphatic rings. The van der Waals surface area contributed by atoms with Gasteiger partial charge in [0, 0.05) is 28.8 Å². The maximum absolute atomic E-state index is 11.9. The highest BCUT2D eigenvalue weighted by molar-refractivity contribution is 7.99. The van der Waals surface area contributed by atoms with E-state index < -0.39 is 0 Å². The topological polar surface area (TPSA) is 29.1 Å². The first-order valence-corrected chi connectivity index (χ1v) is 7.75. The lowest BCUT2D eigenvalue weighted by Crippen LogP contribution is -2.32. The molecule has 0 amide bonds. The molecule has 18 heavy (non-hydrogen) atoms. The molecule has 2 aliphatic heterocycles. The summed E-state index contributed by atoms with van der Waals surface area (Å²) in [6.45, 7) is 4.11. The molecule has 1 N–H and O–H groups in total. The van der Waals surface area contributed by atoms with Crippen molar-refractivity contribution in [2.75, 3.05) is 18.8 Å². The Morgan fingerprint density at radius 1 is 1.44 bits per heavy atom. The van der Waals surface area contributed by atoms with Gasteiger partial charge in [0.1, 0.15) is 0 Å². The van der Waals surface area contributed by atoms with E-state index in [1.54, 1.807) is 0 Å². The quantitative estimate of drug-likeness (QED) is 0.830. The molecule has 2 nitrogen and oxygen atoms in total. The Balaban J connectivity index is 2.06. The summed E-state index contributed by atoms with van der Waals surface area (Å²) in [7, 11) is 0. The molecule has 0 saturated carbocycles. The van der Waals surface area contributed by atoms with E-state index >= 15 is 0 Å². The van der Waals surface area contributed by atoms with E-state index in [1.807, 2.05) is 24.8 Å². The van der Waals surface area contributed by atoms with Crippen LogP contribution in [0.25, 0.3) is 0 Å². The lowest BCUT2D eigenvalue weighted by Gasteiger charge is -2.35. The van der Waals surface area contributed by atoms with Crippen LogP contribution in [0.5, 0.6) is 0 Å². The Labute approximate surface area is 113 Å². The number of hydrogen-bond acceptors (Lipinski definition) is 3. The van der Waals surface area contributed by atoms with Gasteiger partial charge >= 0.3 is 0 Å². The molecule has 2 heterocycles. The zero-order valence-corrected chi connectivity index (χ0v) is 11.6. The van der Waals surface area contributed by atoms with Crippen LogP contribution in [0.1, 0.15) is 42.1 Å². The van der Waals surface area contributed by atoms with Gasteiger partial charge < -0.3 is 5.32 Å². The van der Waals surface area contributed by atoms with Crippen LogP contribution in [-0.2, 0) is 5.41 Å². The summed E-state index contributed by atoms with van der Waals surface area (Å²) in [6.07, 6.45) is 3.04. The van der Waals surface area contributed by atoms with Crippen LogP contribution in [0.3, 0.4) is 0 Å². The largest absolute Gasteiger partial charge is 0.316 e. The molecular weight excluding hydrogens is 242 g/mol. The fourth-order valence-corrected chi connectivity index (χ4v) is 4.43. The molecule has 3 heteroatoms.